The van der Waals surface area contributed by atoms with Crippen molar-refractivity contribution in [1.82, 2.24) is 14.4 Å². The van der Waals surface area contributed by atoms with Crippen LogP contribution in [0.4, 0.5) is 5.69 Å². The van der Waals surface area contributed by atoms with E-state index in [1.165, 1.54) is 37.4 Å². The third kappa shape index (κ3) is 5.80. The summed E-state index contributed by atoms with van der Waals surface area (Å²) in [4.78, 5) is 28.7. The zero-order valence-corrected chi connectivity index (χ0v) is 20.0. The van der Waals surface area contributed by atoms with Crippen LogP contribution < -0.4 is 15.6 Å². The van der Waals surface area contributed by atoms with E-state index in [0.29, 0.717) is 27.2 Å². The number of halogens is 1. The van der Waals surface area contributed by atoms with Gasteiger partial charge in [-0.05, 0) is 54.1 Å². The van der Waals surface area contributed by atoms with Gasteiger partial charge in [0.1, 0.15) is 5.82 Å². The lowest BCUT2D eigenvalue weighted by atomic mass is 10.2. The molecule has 0 unspecified atom stereocenters. The number of aromatic nitrogens is 2. The van der Waals surface area contributed by atoms with E-state index in [4.69, 9.17) is 11.6 Å². The van der Waals surface area contributed by atoms with E-state index in [1.807, 2.05) is 0 Å². The molecule has 0 fully saturated rings. The summed E-state index contributed by atoms with van der Waals surface area (Å²) in [7, 11) is -3.95. The minimum Gasteiger partial charge on any atom is -0.326 e. The summed E-state index contributed by atoms with van der Waals surface area (Å²) in [6.07, 6.45) is 1.45. The van der Waals surface area contributed by atoms with Gasteiger partial charge in [-0.3, -0.25) is 9.59 Å². The molecular weight excluding hydrogens is 490 g/mol. The lowest BCUT2D eigenvalue weighted by Gasteiger charge is -2.11. The summed E-state index contributed by atoms with van der Waals surface area (Å²) < 4.78 is 29.2. The maximum absolute atomic E-state index is 13.1. The van der Waals surface area contributed by atoms with Crippen LogP contribution >= 0.6 is 11.6 Å². The van der Waals surface area contributed by atoms with Crippen LogP contribution in [0.5, 0.6) is 0 Å². The van der Waals surface area contributed by atoms with Crippen molar-refractivity contribution in [3.05, 3.63) is 99.6 Å². The molecule has 0 spiro atoms. The highest BCUT2D eigenvalue weighted by Gasteiger charge is 2.17. The highest BCUT2D eigenvalue weighted by Crippen LogP contribution is 2.15. The van der Waals surface area contributed by atoms with E-state index in [9.17, 15) is 18.0 Å². The maximum atomic E-state index is 13.1. The van der Waals surface area contributed by atoms with Crippen LogP contribution in [0.1, 0.15) is 18.3 Å². The first-order chi connectivity index (χ1) is 16.7. The Morgan fingerprint density at radius 2 is 1.83 bits per heavy atom. The largest absolute Gasteiger partial charge is 0.326 e. The molecule has 9 nitrogen and oxygen atoms in total. The smallest absolute Gasteiger partial charge is 0.282 e. The third-order valence-electron chi connectivity index (χ3n) is 4.90. The van der Waals surface area contributed by atoms with Gasteiger partial charge in [0, 0.05) is 17.6 Å². The van der Waals surface area contributed by atoms with Crippen LogP contribution in [-0.2, 0) is 21.4 Å². The van der Waals surface area contributed by atoms with Crippen LogP contribution in [0.15, 0.2) is 87.6 Å². The summed E-state index contributed by atoms with van der Waals surface area (Å²) in [5.41, 5.74) is 1.10. The molecule has 2 N–H and O–H groups in total. The van der Waals surface area contributed by atoms with Crippen LogP contribution in [0, 0.1) is 0 Å². The van der Waals surface area contributed by atoms with Crippen molar-refractivity contribution in [3.63, 3.8) is 0 Å². The number of fused-ring (bicyclic) bond motifs is 1. The summed E-state index contributed by atoms with van der Waals surface area (Å²) >= 11 is 6.02. The number of hydrogen-bond acceptors (Lipinski definition) is 6. The van der Waals surface area contributed by atoms with E-state index in [-0.39, 0.29) is 23.2 Å². The quantitative estimate of drug-likeness (QED) is 0.370. The minimum absolute atomic E-state index is 0.0104. The van der Waals surface area contributed by atoms with Gasteiger partial charge in [-0.15, -0.1) is 0 Å². The molecule has 3 aromatic carbocycles. The van der Waals surface area contributed by atoms with Crippen LogP contribution in [0.2, 0.25) is 5.02 Å². The number of para-hydroxylation sites is 1. The summed E-state index contributed by atoms with van der Waals surface area (Å²) in [6, 6.07) is 19.3. The van der Waals surface area contributed by atoms with E-state index >= 15 is 0 Å². The van der Waals surface area contributed by atoms with Crippen molar-refractivity contribution in [1.29, 1.82) is 0 Å². The molecule has 0 saturated carbocycles. The second-order valence-electron chi connectivity index (χ2n) is 7.49. The molecular formula is C24H20ClN5O4S. The molecule has 0 aliphatic rings. The van der Waals surface area contributed by atoms with Gasteiger partial charge >= 0.3 is 0 Å². The van der Waals surface area contributed by atoms with Crippen LogP contribution in [-0.4, -0.2) is 30.2 Å². The van der Waals surface area contributed by atoms with Crippen molar-refractivity contribution >= 4 is 50.3 Å². The zero-order chi connectivity index (χ0) is 25.0. The molecule has 11 heteroatoms. The fourth-order valence-electron chi connectivity index (χ4n) is 3.28. The topological polar surface area (TPSA) is 123 Å². The van der Waals surface area contributed by atoms with E-state index < -0.39 is 15.6 Å². The van der Waals surface area contributed by atoms with E-state index in [0.717, 1.165) is 4.68 Å². The molecule has 1 aromatic heterocycles. The Morgan fingerprint density at radius 1 is 1.09 bits per heavy atom. The number of sulfonamides is 1. The number of carbonyl (C=O) groups is 1. The fraction of sp³-hybridized carbons (Fsp3) is 0.0833. The molecule has 1 amide bonds. The predicted octanol–water partition coefficient (Wildman–Crippen LogP) is 3.37. The van der Waals surface area contributed by atoms with Crippen LogP contribution in [0.25, 0.3) is 10.9 Å². The monoisotopic (exact) mass is 509 g/mol. The fourth-order valence-corrected chi connectivity index (χ4v) is 4.46. The first kappa shape index (κ1) is 24.3. The molecule has 0 aliphatic heterocycles. The highest BCUT2D eigenvalue weighted by atomic mass is 35.5. The molecule has 0 aliphatic carbocycles. The number of anilines is 1. The lowest BCUT2D eigenvalue weighted by Crippen LogP contribution is -2.29. The minimum atomic E-state index is -3.95. The second kappa shape index (κ2) is 10.2. The Bertz CT molecular complexity index is 1600. The number of rotatable bonds is 7. The van der Waals surface area contributed by atoms with Gasteiger partial charge in [0.05, 0.1) is 28.6 Å². The van der Waals surface area contributed by atoms with Crippen molar-refractivity contribution in [2.75, 3.05) is 5.32 Å². The molecule has 35 heavy (non-hydrogen) atoms. The van der Waals surface area contributed by atoms with E-state index in [2.05, 4.69) is 20.1 Å². The first-order valence-corrected chi connectivity index (χ1v) is 12.3. The maximum Gasteiger partial charge on any atom is 0.282 e. The SMILES string of the molecule is CC(=O)Nc1ccc(S(=O)(=O)NCc2nc3ccccc3c(=O)n2/N=C/c2cccc(Cl)c2)cc1. The predicted molar refractivity (Wildman–Crippen MR) is 135 cm³/mol. The molecule has 4 rings (SSSR count). The molecule has 0 radical (unpaired) electrons. The van der Waals surface area contributed by atoms with Crippen molar-refractivity contribution in [2.45, 2.75) is 18.4 Å². The average Bonchev–Trinajstić information content (AvgIpc) is 2.82. The van der Waals surface area contributed by atoms with Gasteiger partial charge in [-0.1, -0.05) is 35.9 Å². The average molecular weight is 510 g/mol. The van der Waals surface area contributed by atoms with Gasteiger partial charge in [-0.2, -0.15) is 9.78 Å². The number of amides is 1. The number of nitrogens with one attached hydrogen (secondary N) is 2. The Kier molecular flexibility index (Phi) is 7.06. The van der Waals surface area contributed by atoms with Crippen molar-refractivity contribution in [2.24, 2.45) is 5.10 Å². The van der Waals surface area contributed by atoms with Crippen LogP contribution in [0.3, 0.4) is 0 Å². The lowest BCUT2D eigenvalue weighted by molar-refractivity contribution is -0.114. The number of benzene rings is 3. The van der Waals surface area contributed by atoms with Crippen molar-refractivity contribution < 1.29 is 13.2 Å². The molecule has 4 aromatic rings. The molecule has 0 saturated heterocycles. The van der Waals surface area contributed by atoms with Gasteiger partial charge in [0.25, 0.3) is 5.56 Å². The first-order valence-electron chi connectivity index (χ1n) is 10.4. The Labute approximate surface area is 206 Å². The number of hydrogen-bond donors (Lipinski definition) is 2. The van der Waals surface area contributed by atoms with Gasteiger partial charge < -0.3 is 5.32 Å². The van der Waals surface area contributed by atoms with Gasteiger partial charge in [0.15, 0.2) is 0 Å². The summed E-state index contributed by atoms with van der Waals surface area (Å²) in [5, 5.41) is 7.69. The van der Waals surface area contributed by atoms with Gasteiger partial charge in [-0.25, -0.2) is 18.1 Å². The number of nitrogens with zero attached hydrogens (tertiary/aromatic N) is 3. The third-order valence-corrected chi connectivity index (χ3v) is 6.55. The second-order valence-corrected chi connectivity index (χ2v) is 9.70. The Morgan fingerprint density at radius 3 is 2.54 bits per heavy atom. The number of carbonyl (C=O) groups excluding carboxylic acids is 1. The standard InChI is InChI=1S/C24H20ClN5O4S/c1-16(31)28-19-9-11-20(12-10-19)35(33,34)27-15-23-29-22-8-3-2-7-21(22)24(32)30(23)26-14-17-5-4-6-18(25)13-17/h2-14,27H,15H2,1H3,(H,28,31)/b26-14+. The zero-order valence-electron chi connectivity index (χ0n) is 18.5. The Hall–Kier alpha value is -3.86. The Balaban J connectivity index is 1.67. The van der Waals surface area contributed by atoms with Crippen molar-refractivity contribution in [3.8, 4) is 0 Å². The van der Waals surface area contributed by atoms with Gasteiger partial charge in [0.2, 0.25) is 15.9 Å². The van der Waals surface area contributed by atoms with E-state index in [1.54, 1.807) is 48.5 Å². The molecule has 1 heterocycles. The summed E-state index contributed by atoms with van der Waals surface area (Å²) in [5.74, 6) is -0.164. The normalized spacial score (nSPS) is 11.7. The highest BCUT2D eigenvalue weighted by molar-refractivity contribution is 7.89. The summed E-state index contributed by atoms with van der Waals surface area (Å²) in [6.45, 7) is 1.07. The molecule has 0 bridgehead atoms. The molecule has 0 atom stereocenters. The molecule has 178 valence electrons.